The van der Waals surface area contributed by atoms with E-state index in [0.717, 1.165) is 18.5 Å². The average molecular weight is 302 g/mol. The third-order valence-electron chi connectivity index (χ3n) is 3.56. The van der Waals surface area contributed by atoms with Crippen LogP contribution in [0.4, 0.5) is 0 Å². The first-order valence-corrected chi connectivity index (χ1v) is 9.14. The minimum Gasteiger partial charge on any atom is -0.313 e. The molecule has 0 aliphatic heterocycles. The second-order valence-corrected chi connectivity index (χ2v) is 6.57. The number of nitrogens with zero attached hydrogens (tertiary/aromatic N) is 1. The minimum atomic E-state index is 0.548. The van der Waals surface area contributed by atoms with Gasteiger partial charge in [0.25, 0.3) is 0 Å². The van der Waals surface area contributed by atoms with E-state index in [-0.39, 0.29) is 0 Å². The monoisotopic (exact) mass is 302 g/mol. The Kier molecular flexibility index (Phi) is 7.04. The predicted molar refractivity (Wildman–Crippen MR) is 95.1 cm³/mol. The molecular weight excluding hydrogens is 276 g/mol. The maximum absolute atomic E-state index is 4.46. The molecule has 0 bridgehead atoms. The van der Waals surface area contributed by atoms with Crippen LogP contribution < -0.4 is 5.32 Å². The van der Waals surface area contributed by atoms with E-state index >= 15 is 0 Å². The number of nitrogens with one attached hydrogen (secondary N) is 1. The number of hydrogen-bond donors (Lipinski definition) is 1. The fourth-order valence-corrected chi connectivity index (χ4v) is 3.48. The zero-order valence-corrected chi connectivity index (χ0v) is 14.0. The van der Waals surface area contributed by atoms with Gasteiger partial charge in [-0.05, 0) is 49.3 Å². The molecule has 0 aliphatic rings. The number of pyridine rings is 1. The topological polar surface area (TPSA) is 24.9 Å². The molecule has 0 aliphatic carbocycles. The molecule has 0 radical (unpaired) electrons. The smallest absolute Gasteiger partial charge is 0.0704 e. The van der Waals surface area contributed by atoms with Crippen LogP contribution in [-0.2, 0) is 6.42 Å². The molecule has 0 saturated heterocycles. The molecule has 2 aromatic rings. The maximum atomic E-state index is 4.46. The Balaban J connectivity index is 2.09. The number of fused-ring (bicyclic) bond motifs is 1. The summed E-state index contributed by atoms with van der Waals surface area (Å²) < 4.78 is 0. The zero-order chi connectivity index (χ0) is 14.9. The van der Waals surface area contributed by atoms with Crippen molar-refractivity contribution in [3.8, 4) is 0 Å². The molecule has 0 fully saturated rings. The molecule has 1 aromatic heterocycles. The van der Waals surface area contributed by atoms with Crippen molar-refractivity contribution in [2.45, 2.75) is 39.2 Å². The van der Waals surface area contributed by atoms with Crippen LogP contribution in [0, 0.1) is 0 Å². The van der Waals surface area contributed by atoms with E-state index in [0.29, 0.717) is 6.04 Å². The van der Waals surface area contributed by atoms with Gasteiger partial charge in [-0.1, -0.05) is 32.0 Å². The molecule has 0 saturated carbocycles. The first kappa shape index (κ1) is 16.3. The van der Waals surface area contributed by atoms with E-state index in [1.807, 2.05) is 6.20 Å². The summed E-state index contributed by atoms with van der Waals surface area (Å²) in [7, 11) is 0. The van der Waals surface area contributed by atoms with Crippen molar-refractivity contribution in [3.63, 3.8) is 0 Å². The molecule has 1 aromatic carbocycles. The largest absolute Gasteiger partial charge is 0.313 e. The summed E-state index contributed by atoms with van der Waals surface area (Å²) in [5.41, 5.74) is 2.51. The molecule has 0 amide bonds. The van der Waals surface area contributed by atoms with E-state index in [4.69, 9.17) is 0 Å². The average Bonchev–Trinajstić information content (AvgIpc) is 2.53. The van der Waals surface area contributed by atoms with Crippen molar-refractivity contribution in [3.05, 3.63) is 42.1 Å². The highest BCUT2D eigenvalue weighted by molar-refractivity contribution is 7.99. The number of aromatic nitrogens is 1. The van der Waals surface area contributed by atoms with Crippen LogP contribution in [0.15, 0.2) is 36.5 Å². The highest BCUT2D eigenvalue weighted by Gasteiger charge is 2.11. The fourth-order valence-electron chi connectivity index (χ4n) is 2.51. The van der Waals surface area contributed by atoms with Gasteiger partial charge in [-0.2, -0.15) is 11.8 Å². The van der Waals surface area contributed by atoms with Gasteiger partial charge in [-0.3, -0.25) is 4.98 Å². The lowest BCUT2D eigenvalue weighted by Gasteiger charge is -2.19. The third-order valence-corrected chi connectivity index (χ3v) is 4.89. The van der Waals surface area contributed by atoms with Gasteiger partial charge in [0.2, 0.25) is 0 Å². The number of rotatable bonds is 9. The van der Waals surface area contributed by atoms with Gasteiger partial charge in [0.05, 0.1) is 5.52 Å². The van der Waals surface area contributed by atoms with Crippen LogP contribution in [0.5, 0.6) is 0 Å². The first-order valence-electron chi connectivity index (χ1n) is 7.99. The number of hydrogen-bond acceptors (Lipinski definition) is 3. The second-order valence-electron chi connectivity index (χ2n) is 5.42. The summed E-state index contributed by atoms with van der Waals surface area (Å²) in [6, 6.07) is 11.2. The van der Waals surface area contributed by atoms with E-state index in [1.165, 1.54) is 35.3 Å². The molecule has 2 rings (SSSR count). The Morgan fingerprint density at radius 2 is 2.00 bits per heavy atom. The van der Waals surface area contributed by atoms with Crippen LogP contribution in [-0.4, -0.2) is 29.1 Å². The van der Waals surface area contributed by atoms with Gasteiger partial charge in [0, 0.05) is 23.4 Å². The van der Waals surface area contributed by atoms with Crippen molar-refractivity contribution >= 4 is 22.7 Å². The van der Waals surface area contributed by atoms with Crippen LogP contribution >= 0.6 is 11.8 Å². The van der Waals surface area contributed by atoms with Gasteiger partial charge >= 0.3 is 0 Å². The van der Waals surface area contributed by atoms with Crippen LogP contribution in [0.1, 0.15) is 32.3 Å². The lowest BCUT2D eigenvalue weighted by atomic mass is 10.0. The zero-order valence-electron chi connectivity index (χ0n) is 13.1. The van der Waals surface area contributed by atoms with Crippen molar-refractivity contribution in [2.24, 2.45) is 0 Å². The standard InChI is InChI=1S/C18H26N2S/c1-3-10-19-16(14-21-12-4-2)13-15-9-11-20-18-8-6-5-7-17(15)18/h5-9,11,16,19H,3-4,10,12-14H2,1-2H3. The number of para-hydroxylation sites is 1. The van der Waals surface area contributed by atoms with Crippen LogP contribution in [0.25, 0.3) is 10.9 Å². The predicted octanol–water partition coefficient (Wildman–Crippen LogP) is 4.29. The van der Waals surface area contributed by atoms with Crippen molar-refractivity contribution in [1.82, 2.24) is 10.3 Å². The highest BCUT2D eigenvalue weighted by Crippen LogP contribution is 2.19. The Morgan fingerprint density at radius 1 is 1.14 bits per heavy atom. The summed E-state index contributed by atoms with van der Waals surface area (Å²) in [4.78, 5) is 4.46. The van der Waals surface area contributed by atoms with Crippen molar-refractivity contribution in [2.75, 3.05) is 18.1 Å². The lowest BCUT2D eigenvalue weighted by Crippen LogP contribution is -2.34. The van der Waals surface area contributed by atoms with Crippen molar-refractivity contribution < 1.29 is 0 Å². The van der Waals surface area contributed by atoms with Gasteiger partial charge in [-0.25, -0.2) is 0 Å². The second kappa shape index (κ2) is 9.06. The van der Waals surface area contributed by atoms with Gasteiger partial charge in [0.1, 0.15) is 0 Å². The van der Waals surface area contributed by atoms with E-state index in [2.05, 4.69) is 66.2 Å². The Morgan fingerprint density at radius 3 is 2.81 bits per heavy atom. The van der Waals surface area contributed by atoms with Gasteiger partial charge in [0.15, 0.2) is 0 Å². The van der Waals surface area contributed by atoms with Gasteiger partial charge in [-0.15, -0.1) is 0 Å². The highest BCUT2D eigenvalue weighted by atomic mass is 32.2. The molecule has 1 N–H and O–H groups in total. The Hall–Kier alpha value is -1.06. The molecule has 21 heavy (non-hydrogen) atoms. The molecule has 114 valence electrons. The van der Waals surface area contributed by atoms with Crippen LogP contribution in [0.3, 0.4) is 0 Å². The summed E-state index contributed by atoms with van der Waals surface area (Å²) in [5.74, 6) is 2.44. The molecule has 1 atom stereocenters. The van der Waals surface area contributed by atoms with E-state index in [1.54, 1.807) is 0 Å². The third kappa shape index (κ3) is 5.01. The Labute approximate surface area is 132 Å². The quantitative estimate of drug-likeness (QED) is 0.700. The summed E-state index contributed by atoms with van der Waals surface area (Å²) in [5, 5.41) is 5.00. The fraction of sp³-hybridized carbons (Fsp3) is 0.500. The number of thioether (sulfide) groups is 1. The molecule has 3 heteroatoms. The summed E-state index contributed by atoms with van der Waals surface area (Å²) in [6.07, 6.45) is 5.46. The number of benzene rings is 1. The maximum Gasteiger partial charge on any atom is 0.0704 e. The SMILES string of the molecule is CCCNC(CSCCC)Cc1ccnc2ccccc12. The normalized spacial score (nSPS) is 12.7. The van der Waals surface area contributed by atoms with E-state index < -0.39 is 0 Å². The minimum absolute atomic E-state index is 0.548. The van der Waals surface area contributed by atoms with E-state index in [9.17, 15) is 0 Å². The van der Waals surface area contributed by atoms with Crippen molar-refractivity contribution in [1.29, 1.82) is 0 Å². The summed E-state index contributed by atoms with van der Waals surface area (Å²) >= 11 is 2.06. The molecule has 0 spiro atoms. The van der Waals surface area contributed by atoms with Gasteiger partial charge < -0.3 is 5.32 Å². The Bertz CT molecular complexity index is 536. The molecule has 1 heterocycles. The van der Waals surface area contributed by atoms with Crippen LogP contribution in [0.2, 0.25) is 0 Å². The molecule has 2 nitrogen and oxygen atoms in total. The molecular formula is C18H26N2S. The summed E-state index contributed by atoms with van der Waals surface area (Å²) in [6.45, 7) is 5.57. The molecule has 1 unspecified atom stereocenters. The first-order chi connectivity index (χ1) is 10.3. The lowest BCUT2D eigenvalue weighted by molar-refractivity contribution is 0.551.